The molecule has 2 aliphatic rings. The third-order valence-corrected chi connectivity index (χ3v) is 5.81. The third-order valence-electron chi connectivity index (χ3n) is 5.81. The molecule has 2 aromatic rings. The van der Waals surface area contributed by atoms with E-state index in [1.165, 1.54) is 6.42 Å². The average molecular weight is 343 g/mol. The zero-order chi connectivity index (χ0) is 17.7. The van der Waals surface area contributed by atoms with Crippen LogP contribution >= 0.6 is 0 Å². The van der Waals surface area contributed by atoms with Gasteiger partial charge in [0.05, 0.1) is 11.3 Å². The predicted octanol–water partition coefficient (Wildman–Crippen LogP) is 2.52. The second-order valence-electron chi connectivity index (χ2n) is 8.93. The molecule has 3 heterocycles. The lowest BCUT2D eigenvalue weighted by atomic mass is 9.79. The van der Waals surface area contributed by atoms with Gasteiger partial charge >= 0.3 is 0 Å². The predicted molar refractivity (Wildman–Crippen MR) is 96.7 cm³/mol. The Labute approximate surface area is 149 Å². The lowest BCUT2D eigenvalue weighted by molar-refractivity contribution is -0.0623. The third kappa shape index (κ3) is 3.29. The van der Waals surface area contributed by atoms with Crippen LogP contribution in [0.3, 0.4) is 0 Å². The van der Waals surface area contributed by atoms with E-state index in [-0.39, 0.29) is 5.41 Å². The molecule has 4 rings (SSSR count). The summed E-state index contributed by atoms with van der Waals surface area (Å²) in [6.07, 6.45) is 5.19. The van der Waals surface area contributed by atoms with Crippen molar-refractivity contribution in [1.82, 2.24) is 24.7 Å². The molecular formula is C19H29N5O. The summed E-state index contributed by atoms with van der Waals surface area (Å²) in [4.78, 5) is 2.41. The highest BCUT2D eigenvalue weighted by molar-refractivity contribution is 5.37. The molecule has 6 nitrogen and oxygen atoms in total. The highest BCUT2D eigenvalue weighted by Gasteiger charge is 2.37. The molecule has 0 bridgehead atoms. The van der Waals surface area contributed by atoms with Gasteiger partial charge in [0, 0.05) is 17.9 Å². The first-order valence-corrected chi connectivity index (χ1v) is 9.52. The Balaban J connectivity index is 1.49. The number of nitrogens with zero attached hydrogens (tertiary/aromatic N) is 5. The molecule has 1 saturated carbocycles. The molecule has 0 amide bonds. The number of hydrogen-bond acceptors (Lipinski definition) is 5. The van der Waals surface area contributed by atoms with Crippen LogP contribution in [0.2, 0.25) is 0 Å². The standard InChI is InChI=1S/C19H29N5O/c1-18(2,3)15-5-6-16-20-21-17(24(16)22-15)14-7-11-23(12-8-14)13-19(25)9-4-10-19/h5-6,14,25H,4,7-13H2,1-3H3. The van der Waals surface area contributed by atoms with Crippen molar-refractivity contribution in [3.8, 4) is 0 Å². The molecule has 25 heavy (non-hydrogen) atoms. The summed E-state index contributed by atoms with van der Waals surface area (Å²) < 4.78 is 1.94. The van der Waals surface area contributed by atoms with E-state index in [4.69, 9.17) is 5.10 Å². The first-order valence-electron chi connectivity index (χ1n) is 9.52. The van der Waals surface area contributed by atoms with Gasteiger partial charge in [0.15, 0.2) is 11.5 Å². The average Bonchev–Trinajstić information content (AvgIpc) is 2.96. The maximum atomic E-state index is 10.4. The minimum Gasteiger partial charge on any atom is -0.389 e. The van der Waals surface area contributed by atoms with E-state index < -0.39 is 5.60 Å². The molecule has 0 unspecified atom stereocenters. The zero-order valence-electron chi connectivity index (χ0n) is 15.6. The number of piperidine rings is 1. The van der Waals surface area contributed by atoms with Gasteiger partial charge in [-0.3, -0.25) is 0 Å². The Kier molecular flexibility index (Phi) is 4.07. The first kappa shape index (κ1) is 16.9. The van der Waals surface area contributed by atoms with Crippen molar-refractivity contribution in [3.63, 3.8) is 0 Å². The summed E-state index contributed by atoms with van der Waals surface area (Å²) in [5.74, 6) is 1.38. The van der Waals surface area contributed by atoms with Crippen molar-refractivity contribution in [2.75, 3.05) is 19.6 Å². The second kappa shape index (κ2) is 6.02. The van der Waals surface area contributed by atoms with Gasteiger partial charge in [0.25, 0.3) is 0 Å². The van der Waals surface area contributed by atoms with Crippen LogP contribution in [-0.2, 0) is 5.41 Å². The van der Waals surface area contributed by atoms with E-state index in [0.29, 0.717) is 5.92 Å². The summed E-state index contributed by atoms with van der Waals surface area (Å²) >= 11 is 0. The maximum absolute atomic E-state index is 10.4. The summed E-state index contributed by atoms with van der Waals surface area (Å²) in [7, 11) is 0. The maximum Gasteiger partial charge on any atom is 0.177 e. The van der Waals surface area contributed by atoms with E-state index >= 15 is 0 Å². The molecule has 0 aromatic carbocycles. The van der Waals surface area contributed by atoms with Crippen LogP contribution in [0, 0.1) is 0 Å². The summed E-state index contributed by atoms with van der Waals surface area (Å²) in [6, 6.07) is 4.07. The van der Waals surface area contributed by atoms with E-state index in [9.17, 15) is 5.11 Å². The fourth-order valence-corrected chi connectivity index (χ4v) is 3.97. The number of rotatable bonds is 3. The van der Waals surface area contributed by atoms with Crippen molar-refractivity contribution in [2.45, 2.75) is 69.8 Å². The normalized spacial score (nSPS) is 22.2. The number of likely N-dealkylation sites (tertiary alicyclic amines) is 1. The molecule has 136 valence electrons. The minimum absolute atomic E-state index is 0.0112. The Bertz CT molecular complexity index is 751. The molecule has 0 radical (unpaired) electrons. The van der Waals surface area contributed by atoms with Crippen LogP contribution < -0.4 is 0 Å². The van der Waals surface area contributed by atoms with Gasteiger partial charge in [-0.25, -0.2) is 0 Å². The lowest BCUT2D eigenvalue weighted by Gasteiger charge is -2.42. The van der Waals surface area contributed by atoms with Crippen LogP contribution in [0.4, 0.5) is 0 Å². The number of fused-ring (bicyclic) bond motifs is 1. The summed E-state index contributed by atoms with van der Waals surface area (Å²) in [5.41, 5.74) is 1.48. The van der Waals surface area contributed by atoms with Gasteiger partial charge in [-0.1, -0.05) is 20.8 Å². The summed E-state index contributed by atoms with van der Waals surface area (Å²) in [5, 5.41) is 24.0. The van der Waals surface area contributed by atoms with E-state index in [2.05, 4.69) is 41.9 Å². The highest BCUT2D eigenvalue weighted by Crippen LogP contribution is 2.34. The second-order valence-corrected chi connectivity index (χ2v) is 8.93. The molecule has 1 aliphatic heterocycles. The lowest BCUT2D eigenvalue weighted by Crippen LogP contribution is -2.49. The van der Waals surface area contributed by atoms with E-state index in [1.807, 2.05) is 10.6 Å². The molecule has 1 N–H and O–H groups in total. The van der Waals surface area contributed by atoms with Crippen LogP contribution in [-0.4, -0.2) is 55.1 Å². The number of aliphatic hydroxyl groups is 1. The molecule has 1 saturated heterocycles. The Hall–Kier alpha value is -1.53. The van der Waals surface area contributed by atoms with Crippen molar-refractivity contribution < 1.29 is 5.11 Å². The smallest absolute Gasteiger partial charge is 0.177 e. The molecule has 0 spiro atoms. The first-order chi connectivity index (χ1) is 11.8. The highest BCUT2D eigenvalue weighted by atomic mass is 16.3. The van der Waals surface area contributed by atoms with E-state index in [0.717, 1.165) is 62.5 Å². The van der Waals surface area contributed by atoms with Crippen molar-refractivity contribution in [3.05, 3.63) is 23.7 Å². The Morgan fingerprint density at radius 1 is 1.16 bits per heavy atom. The van der Waals surface area contributed by atoms with Gasteiger partial charge in [0.2, 0.25) is 0 Å². The van der Waals surface area contributed by atoms with E-state index in [1.54, 1.807) is 0 Å². The van der Waals surface area contributed by atoms with Crippen molar-refractivity contribution in [1.29, 1.82) is 0 Å². The molecule has 6 heteroatoms. The van der Waals surface area contributed by atoms with Gasteiger partial charge < -0.3 is 10.0 Å². The van der Waals surface area contributed by atoms with Crippen molar-refractivity contribution in [2.24, 2.45) is 0 Å². The number of hydrogen-bond donors (Lipinski definition) is 1. The Morgan fingerprint density at radius 2 is 1.88 bits per heavy atom. The fourth-order valence-electron chi connectivity index (χ4n) is 3.97. The molecular weight excluding hydrogens is 314 g/mol. The van der Waals surface area contributed by atoms with Crippen molar-refractivity contribution >= 4 is 5.65 Å². The topological polar surface area (TPSA) is 66.5 Å². The van der Waals surface area contributed by atoms with Crippen LogP contribution in [0.1, 0.15) is 70.3 Å². The number of β-amino-alcohol motifs (C(OH)–C–C–N with tert-alkyl or cyclic N) is 1. The van der Waals surface area contributed by atoms with Gasteiger partial charge in [-0.05, 0) is 57.3 Å². The van der Waals surface area contributed by atoms with Gasteiger partial charge in [-0.15, -0.1) is 10.2 Å². The molecule has 1 aliphatic carbocycles. The van der Waals surface area contributed by atoms with Crippen LogP contribution in [0.25, 0.3) is 5.65 Å². The quantitative estimate of drug-likeness (QED) is 0.927. The molecule has 0 atom stereocenters. The van der Waals surface area contributed by atoms with Gasteiger partial charge in [0.1, 0.15) is 0 Å². The fraction of sp³-hybridized carbons (Fsp3) is 0.737. The van der Waals surface area contributed by atoms with Crippen LogP contribution in [0.5, 0.6) is 0 Å². The largest absolute Gasteiger partial charge is 0.389 e. The summed E-state index contributed by atoms with van der Waals surface area (Å²) in [6.45, 7) is 9.38. The number of aromatic nitrogens is 4. The van der Waals surface area contributed by atoms with Crippen LogP contribution in [0.15, 0.2) is 12.1 Å². The minimum atomic E-state index is -0.419. The Morgan fingerprint density at radius 3 is 2.48 bits per heavy atom. The van der Waals surface area contributed by atoms with Gasteiger partial charge in [-0.2, -0.15) is 9.61 Å². The molecule has 2 aromatic heterocycles. The molecule has 2 fully saturated rings. The monoisotopic (exact) mass is 343 g/mol. The SMILES string of the molecule is CC(C)(C)c1ccc2nnc(C3CCN(CC4(O)CCC4)CC3)n2n1. The zero-order valence-corrected chi connectivity index (χ0v) is 15.6.